The third kappa shape index (κ3) is 2.55. The molecule has 1 aliphatic rings. The number of hydrogen-bond donors (Lipinski definition) is 1. The predicted molar refractivity (Wildman–Crippen MR) is 60.0 cm³/mol. The van der Waals surface area contributed by atoms with E-state index in [1.807, 2.05) is 11.3 Å². The van der Waals surface area contributed by atoms with Crippen LogP contribution in [0.4, 0.5) is 0 Å². The molecule has 0 spiro atoms. The average molecular weight is 261 g/mol. The second-order valence-corrected chi connectivity index (χ2v) is 6.12. The van der Waals surface area contributed by atoms with Crippen molar-refractivity contribution in [1.82, 2.24) is 0 Å². The summed E-state index contributed by atoms with van der Waals surface area (Å²) in [5.74, 6) is 0. The van der Waals surface area contributed by atoms with Crippen LogP contribution in [0.1, 0.15) is 36.6 Å². The van der Waals surface area contributed by atoms with Crippen LogP contribution in [0.2, 0.25) is 0 Å². The lowest BCUT2D eigenvalue weighted by molar-refractivity contribution is -0.694. The zero-order chi connectivity index (χ0) is 9.10. The van der Waals surface area contributed by atoms with E-state index in [1.54, 1.807) is 0 Å². The summed E-state index contributed by atoms with van der Waals surface area (Å²) in [7, 11) is 0. The molecular formula is C10H15BrNS+. The Morgan fingerprint density at radius 1 is 1.31 bits per heavy atom. The standard InChI is InChI=1S/C10H14BrNS/c11-10-6-5-9(13-10)8-4-2-1-3-7-12-8/h5-6,8,12H,1-4,7H2/p+1/t8-/m0/s1. The van der Waals surface area contributed by atoms with Crippen LogP contribution in [0.5, 0.6) is 0 Å². The fourth-order valence-electron chi connectivity index (χ4n) is 1.91. The Balaban J connectivity index is 2.06. The second-order valence-electron chi connectivity index (χ2n) is 3.62. The lowest BCUT2D eigenvalue weighted by Gasteiger charge is -2.09. The highest BCUT2D eigenvalue weighted by Crippen LogP contribution is 2.28. The van der Waals surface area contributed by atoms with Crippen molar-refractivity contribution >= 4 is 27.3 Å². The molecule has 0 unspecified atom stereocenters. The van der Waals surface area contributed by atoms with Crippen molar-refractivity contribution < 1.29 is 5.32 Å². The minimum Gasteiger partial charge on any atom is -0.339 e. The molecule has 1 saturated heterocycles. The van der Waals surface area contributed by atoms with Crippen LogP contribution in [0, 0.1) is 0 Å². The molecule has 13 heavy (non-hydrogen) atoms. The summed E-state index contributed by atoms with van der Waals surface area (Å²) in [6.07, 6.45) is 5.56. The van der Waals surface area contributed by atoms with Crippen molar-refractivity contribution in [2.75, 3.05) is 6.54 Å². The van der Waals surface area contributed by atoms with Gasteiger partial charge in [-0.15, -0.1) is 11.3 Å². The third-order valence-corrected chi connectivity index (χ3v) is 4.39. The van der Waals surface area contributed by atoms with Gasteiger partial charge >= 0.3 is 0 Å². The Morgan fingerprint density at radius 2 is 2.23 bits per heavy atom. The SMILES string of the molecule is Brc1ccc([C@@H]2CCCCC[NH2+]2)s1. The lowest BCUT2D eigenvalue weighted by atomic mass is 10.1. The van der Waals surface area contributed by atoms with Gasteiger partial charge in [-0.1, -0.05) is 0 Å². The van der Waals surface area contributed by atoms with Gasteiger partial charge in [0, 0.05) is 6.42 Å². The fourth-order valence-corrected chi connectivity index (χ4v) is 3.46. The molecule has 2 rings (SSSR count). The van der Waals surface area contributed by atoms with Crippen molar-refractivity contribution in [2.45, 2.75) is 31.7 Å². The van der Waals surface area contributed by atoms with E-state index in [-0.39, 0.29) is 0 Å². The fraction of sp³-hybridized carbons (Fsp3) is 0.600. The Labute approximate surface area is 91.7 Å². The van der Waals surface area contributed by atoms with Crippen molar-refractivity contribution in [3.05, 3.63) is 20.8 Å². The molecule has 2 heterocycles. The topological polar surface area (TPSA) is 16.6 Å². The molecule has 0 amide bonds. The average Bonchev–Trinajstić information content (AvgIpc) is 2.43. The molecular weight excluding hydrogens is 246 g/mol. The van der Waals surface area contributed by atoms with Crippen LogP contribution in [0.15, 0.2) is 15.9 Å². The van der Waals surface area contributed by atoms with Gasteiger partial charge < -0.3 is 5.32 Å². The molecule has 1 nitrogen and oxygen atoms in total. The van der Waals surface area contributed by atoms with Gasteiger partial charge in [-0.2, -0.15) is 0 Å². The minimum atomic E-state index is 0.735. The summed E-state index contributed by atoms with van der Waals surface area (Å²) in [5.41, 5.74) is 0. The van der Waals surface area contributed by atoms with Gasteiger partial charge in [0.1, 0.15) is 6.04 Å². The zero-order valence-electron chi connectivity index (χ0n) is 7.63. The van der Waals surface area contributed by atoms with Gasteiger partial charge in [-0.25, -0.2) is 0 Å². The third-order valence-electron chi connectivity index (χ3n) is 2.63. The Kier molecular flexibility index (Phi) is 3.41. The number of rotatable bonds is 1. The number of quaternary nitrogens is 1. The molecule has 1 aliphatic heterocycles. The highest BCUT2D eigenvalue weighted by molar-refractivity contribution is 9.11. The molecule has 1 aromatic heterocycles. The smallest absolute Gasteiger partial charge is 0.121 e. The molecule has 0 bridgehead atoms. The van der Waals surface area contributed by atoms with E-state index < -0.39 is 0 Å². The van der Waals surface area contributed by atoms with Crippen LogP contribution >= 0.6 is 27.3 Å². The van der Waals surface area contributed by atoms with Crippen molar-refractivity contribution in [1.29, 1.82) is 0 Å². The molecule has 2 N–H and O–H groups in total. The summed E-state index contributed by atoms with van der Waals surface area (Å²) >= 11 is 5.41. The van der Waals surface area contributed by atoms with E-state index >= 15 is 0 Å². The molecule has 72 valence electrons. The van der Waals surface area contributed by atoms with E-state index in [9.17, 15) is 0 Å². The van der Waals surface area contributed by atoms with E-state index in [2.05, 4.69) is 33.4 Å². The maximum atomic E-state index is 3.52. The first-order valence-corrected chi connectivity index (χ1v) is 6.56. The van der Waals surface area contributed by atoms with Crippen molar-refractivity contribution in [3.8, 4) is 0 Å². The Bertz CT molecular complexity index is 264. The van der Waals surface area contributed by atoms with E-state index in [0.717, 1.165) is 6.04 Å². The minimum absolute atomic E-state index is 0.735. The van der Waals surface area contributed by atoms with E-state index in [4.69, 9.17) is 0 Å². The quantitative estimate of drug-likeness (QED) is 0.800. The van der Waals surface area contributed by atoms with Crippen molar-refractivity contribution in [3.63, 3.8) is 0 Å². The molecule has 3 heteroatoms. The molecule has 0 radical (unpaired) electrons. The summed E-state index contributed by atoms with van der Waals surface area (Å²) in [6, 6.07) is 5.17. The number of hydrogen-bond acceptors (Lipinski definition) is 1. The van der Waals surface area contributed by atoms with Crippen LogP contribution in [0.25, 0.3) is 0 Å². The van der Waals surface area contributed by atoms with E-state index in [0.29, 0.717) is 0 Å². The van der Waals surface area contributed by atoms with Gasteiger partial charge in [0.25, 0.3) is 0 Å². The summed E-state index contributed by atoms with van der Waals surface area (Å²) in [4.78, 5) is 1.54. The van der Waals surface area contributed by atoms with Crippen molar-refractivity contribution in [2.24, 2.45) is 0 Å². The van der Waals surface area contributed by atoms with Gasteiger partial charge in [0.05, 0.1) is 15.2 Å². The normalized spacial score (nSPS) is 24.2. The van der Waals surface area contributed by atoms with Gasteiger partial charge in [-0.05, 0) is 47.3 Å². The second kappa shape index (κ2) is 4.58. The zero-order valence-corrected chi connectivity index (χ0v) is 10.0. The van der Waals surface area contributed by atoms with Crippen LogP contribution in [-0.2, 0) is 0 Å². The molecule has 0 saturated carbocycles. The maximum Gasteiger partial charge on any atom is 0.121 e. The maximum absolute atomic E-state index is 3.52. The van der Waals surface area contributed by atoms with Crippen LogP contribution in [-0.4, -0.2) is 6.54 Å². The summed E-state index contributed by atoms with van der Waals surface area (Å²) < 4.78 is 1.26. The molecule has 1 fully saturated rings. The van der Waals surface area contributed by atoms with Crippen LogP contribution < -0.4 is 5.32 Å². The van der Waals surface area contributed by atoms with Gasteiger partial charge in [0.15, 0.2) is 0 Å². The van der Waals surface area contributed by atoms with Gasteiger partial charge in [-0.3, -0.25) is 0 Å². The largest absolute Gasteiger partial charge is 0.339 e. The monoisotopic (exact) mass is 260 g/mol. The van der Waals surface area contributed by atoms with Gasteiger partial charge in [0.2, 0.25) is 0 Å². The summed E-state index contributed by atoms with van der Waals surface area (Å²) in [6.45, 7) is 1.31. The first kappa shape index (κ1) is 9.69. The molecule has 0 aromatic carbocycles. The number of nitrogens with two attached hydrogens (primary N) is 1. The Morgan fingerprint density at radius 3 is 3.00 bits per heavy atom. The van der Waals surface area contributed by atoms with E-state index in [1.165, 1.54) is 40.9 Å². The first-order chi connectivity index (χ1) is 6.36. The lowest BCUT2D eigenvalue weighted by Crippen LogP contribution is -2.84. The Hall–Kier alpha value is 0.140. The highest BCUT2D eigenvalue weighted by atomic mass is 79.9. The first-order valence-electron chi connectivity index (χ1n) is 4.95. The number of halogens is 1. The predicted octanol–water partition coefficient (Wildman–Crippen LogP) is 2.69. The highest BCUT2D eigenvalue weighted by Gasteiger charge is 2.18. The van der Waals surface area contributed by atoms with Crippen LogP contribution in [0.3, 0.4) is 0 Å². The number of thiophene rings is 1. The molecule has 1 aromatic rings. The molecule has 1 atom stereocenters. The summed E-state index contributed by atoms with van der Waals surface area (Å²) in [5, 5.41) is 2.51. The molecule has 0 aliphatic carbocycles.